The van der Waals surface area contributed by atoms with Crippen molar-refractivity contribution in [1.29, 1.82) is 0 Å². The van der Waals surface area contributed by atoms with E-state index >= 15 is 0 Å². The molecule has 0 spiro atoms. The van der Waals surface area contributed by atoms with Crippen LogP contribution >= 0.6 is 0 Å². The number of aromatic nitrogens is 2. The van der Waals surface area contributed by atoms with Gasteiger partial charge in [-0.3, -0.25) is 4.68 Å². The van der Waals surface area contributed by atoms with Crippen LogP contribution in [-0.4, -0.2) is 22.9 Å². The van der Waals surface area contributed by atoms with Crippen molar-refractivity contribution < 1.29 is 9.53 Å². The second kappa shape index (κ2) is 4.61. The Morgan fingerprint density at radius 1 is 1.38 bits per heavy atom. The Hall–Kier alpha value is -2.10. The molecule has 82 valence electrons. The number of nitrogens with zero attached hydrogens (tertiary/aromatic N) is 2. The van der Waals surface area contributed by atoms with Gasteiger partial charge in [0.2, 0.25) is 0 Å². The quantitative estimate of drug-likeness (QED) is 0.734. The van der Waals surface area contributed by atoms with E-state index in [9.17, 15) is 4.79 Å². The van der Waals surface area contributed by atoms with Crippen molar-refractivity contribution in [2.24, 2.45) is 0 Å². The fourth-order valence-electron chi connectivity index (χ4n) is 1.54. The van der Waals surface area contributed by atoms with E-state index in [-0.39, 0.29) is 5.97 Å². The number of esters is 1. The van der Waals surface area contributed by atoms with Crippen LogP contribution in [0, 0.1) is 0 Å². The van der Waals surface area contributed by atoms with Crippen LogP contribution in [0.5, 0.6) is 0 Å². The highest BCUT2D eigenvalue weighted by Gasteiger charge is 2.10. The van der Waals surface area contributed by atoms with Crippen molar-refractivity contribution in [2.75, 3.05) is 7.11 Å². The molecule has 0 radical (unpaired) electrons. The average Bonchev–Trinajstić information content (AvgIpc) is 2.82. The summed E-state index contributed by atoms with van der Waals surface area (Å²) in [7, 11) is 1.38. The van der Waals surface area contributed by atoms with E-state index in [2.05, 4.69) is 5.10 Å². The summed E-state index contributed by atoms with van der Waals surface area (Å²) >= 11 is 0. The topological polar surface area (TPSA) is 44.1 Å². The molecular weight excluding hydrogens is 204 g/mol. The highest BCUT2D eigenvalue weighted by Crippen LogP contribution is 2.11. The number of carbonyl (C=O) groups is 1. The number of hydrogen-bond donors (Lipinski definition) is 0. The lowest BCUT2D eigenvalue weighted by molar-refractivity contribution is 0.0599. The van der Waals surface area contributed by atoms with E-state index in [1.807, 2.05) is 30.5 Å². The second-order valence-electron chi connectivity index (χ2n) is 3.35. The minimum absolute atomic E-state index is 0.317. The minimum atomic E-state index is -0.317. The van der Waals surface area contributed by atoms with Gasteiger partial charge in [0.25, 0.3) is 0 Å². The Labute approximate surface area is 93.5 Å². The third kappa shape index (κ3) is 2.11. The van der Waals surface area contributed by atoms with Gasteiger partial charge in [-0.15, -0.1) is 0 Å². The Bertz CT molecular complexity index is 478. The zero-order valence-electron chi connectivity index (χ0n) is 8.96. The van der Waals surface area contributed by atoms with Crippen molar-refractivity contribution in [3.63, 3.8) is 0 Å². The highest BCUT2D eigenvalue weighted by molar-refractivity contribution is 5.90. The monoisotopic (exact) mass is 216 g/mol. The van der Waals surface area contributed by atoms with Gasteiger partial charge in [-0.25, -0.2) is 4.79 Å². The molecule has 4 heteroatoms. The van der Waals surface area contributed by atoms with Crippen LogP contribution in [0.2, 0.25) is 0 Å². The van der Waals surface area contributed by atoms with Gasteiger partial charge >= 0.3 is 5.97 Å². The molecule has 0 atom stereocenters. The fourth-order valence-corrected chi connectivity index (χ4v) is 1.54. The van der Waals surface area contributed by atoms with E-state index < -0.39 is 0 Å². The SMILES string of the molecule is COC(=O)c1ccccc1Cn1cccn1. The smallest absolute Gasteiger partial charge is 0.338 e. The maximum absolute atomic E-state index is 11.5. The van der Waals surface area contributed by atoms with Crippen molar-refractivity contribution >= 4 is 5.97 Å². The van der Waals surface area contributed by atoms with Crippen LogP contribution in [0.1, 0.15) is 15.9 Å². The molecule has 2 rings (SSSR count). The van der Waals surface area contributed by atoms with E-state index in [1.54, 1.807) is 16.9 Å². The lowest BCUT2D eigenvalue weighted by Crippen LogP contribution is -2.09. The Balaban J connectivity index is 2.30. The molecule has 0 N–H and O–H groups in total. The summed E-state index contributed by atoms with van der Waals surface area (Å²) in [5.74, 6) is -0.317. The first-order chi connectivity index (χ1) is 7.81. The first kappa shape index (κ1) is 10.4. The fraction of sp³-hybridized carbons (Fsp3) is 0.167. The zero-order chi connectivity index (χ0) is 11.4. The zero-order valence-corrected chi connectivity index (χ0v) is 8.96. The molecule has 0 unspecified atom stereocenters. The van der Waals surface area contributed by atoms with Crippen LogP contribution in [0.4, 0.5) is 0 Å². The number of hydrogen-bond acceptors (Lipinski definition) is 3. The number of rotatable bonds is 3. The summed E-state index contributed by atoms with van der Waals surface area (Å²) in [6.45, 7) is 0.568. The van der Waals surface area contributed by atoms with Crippen LogP contribution in [0.15, 0.2) is 42.7 Å². The maximum atomic E-state index is 11.5. The summed E-state index contributed by atoms with van der Waals surface area (Å²) in [5.41, 5.74) is 1.48. The van der Waals surface area contributed by atoms with E-state index in [1.165, 1.54) is 7.11 Å². The van der Waals surface area contributed by atoms with E-state index in [0.717, 1.165) is 5.56 Å². The molecular formula is C12H12N2O2. The number of benzene rings is 1. The van der Waals surface area contributed by atoms with Crippen molar-refractivity contribution in [1.82, 2.24) is 9.78 Å². The van der Waals surface area contributed by atoms with Gasteiger partial charge in [0.1, 0.15) is 0 Å². The minimum Gasteiger partial charge on any atom is -0.465 e. The first-order valence-corrected chi connectivity index (χ1v) is 4.95. The Morgan fingerprint density at radius 3 is 2.88 bits per heavy atom. The first-order valence-electron chi connectivity index (χ1n) is 4.95. The molecule has 0 amide bonds. The molecule has 1 aromatic carbocycles. The third-order valence-electron chi connectivity index (χ3n) is 2.31. The van der Waals surface area contributed by atoms with Crippen LogP contribution in [0.25, 0.3) is 0 Å². The molecule has 4 nitrogen and oxygen atoms in total. The molecule has 0 bridgehead atoms. The lowest BCUT2D eigenvalue weighted by atomic mass is 10.1. The third-order valence-corrected chi connectivity index (χ3v) is 2.31. The summed E-state index contributed by atoms with van der Waals surface area (Å²) in [4.78, 5) is 11.5. The van der Waals surface area contributed by atoms with Gasteiger partial charge in [-0.1, -0.05) is 18.2 Å². The molecule has 0 aliphatic rings. The molecule has 2 aromatic rings. The molecule has 16 heavy (non-hydrogen) atoms. The summed E-state index contributed by atoms with van der Waals surface area (Å²) in [6, 6.07) is 9.21. The highest BCUT2D eigenvalue weighted by atomic mass is 16.5. The van der Waals surface area contributed by atoms with Crippen molar-refractivity contribution in [3.8, 4) is 0 Å². The number of carbonyl (C=O) groups excluding carboxylic acids is 1. The molecule has 1 heterocycles. The van der Waals surface area contributed by atoms with Crippen LogP contribution in [0.3, 0.4) is 0 Å². The molecule has 0 saturated carbocycles. The van der Waals surface area contributed by atoms with Crippen molar-refractivity contribution in [3.05, 3.63) is 53.9 Å². The largest absolute Gasteiger partial charge is 0.465 e. The van der Waals surface area contributed by atoms with Gasteiger partial charge in [-0.2, -0.15) is 5.10 Å². The lowest BCUT2D eigenvalue weighted by Gasteiger charge is -2.07. The van der Waals surface area contributed by atoms with E-state index in [4.69, 9.17) is 4.74 Å². The number of ether oxygens (including phenoxy) is 1. The molecule has 0 saturated heterocycles. The van der Waals surface area contributed by atoms with E-state index in [0.29, 0.717) is 12.1 Å². The second-order valence-corrected chi connectivity index (χ2v) is 3.35. The standard InChI is InChI=1S/C12H12N2O2/c1-16-12(15)11-6-3-2-5-10(11)9-14-8-4-7-13-14/h2-8H,9H2,1H3. The summed E-state index contributed by atoms with van der Waals surface area (Å²) in [6.07, 6.45) is 3.56. The molecule has 0 aliphatic heterocycles. The van der Waals surface area contributed by atoms with Gasteiger partial charge in [0.05, 0.1) is 19.2 Å². The molecule has 0 fully saturated rings. The summed E-state index contributed by atoms with van der Waals surface area (Å²) < 4.78 is 6.49. The molecule has 1 aromatic heterocycles. The van der Waals surface area contributed by atoms with Gasteiger partial charge < -0.3 is 4.74 Å². The summed E-state index contributed by atoms with van der Waals surface area (Å²) in [5, 5.41) is 4.10. The Morgan fingerprint density at radius 2 is 2.19 bits per heavy atom. The van der Waals surface area contributed by atoms with Crippen LogP contribution in [-0.2, 0) is 11.3 Å². The van der Waals surface area contributed by atoms with Crippen LogP contribution < -0.4 is 0 Å². The predicted molar refractivity (Wildman–Crippen MR) is 59.1 cm³/mol. The maximum Gasteiger partial charge on any atom is 0.338 e. The van der Waals surface area contributed by atoms with Gasteiger partial charge in [-0.05, 0) is 17.7 Å². The van der Waals surface area contributed by atoms with Gasteiger partial charge in [0.15, 0.2) is 0 Å². The Kier molecular flexibility index (Phi) is 3.00. The molecule has 0 aliphatic carbocycles. The average molecular weight is 216 g/mol. The number of methoxy groups -OCH3 is 1. The predicted octanol–water partition coefficient (Wildman–Crippen LogP) is 1.72. The van der Waals surface area contributed by atoms with Gasteiger partial charge in [0, 0.05) is 12.4 Å². The normalized spacial score (nSPS) is 10.1. The van der Waals surface area contributed by atoms with Crippen molar-refractivity contribution in [2.45, 2.75) is 6.54 Å².